The molecule has 2 fully saturated rings. The molecule has 1 aliphatic carbocycles. The Kier molecular flexibility index (Phi) is 8.42. The van der Waals surface area contributed by atoms with Crippen molar-refractivity contribution in [3.8, 4) is 6.07 Å². The van der Waals surface area contributed by atoms with Crippen LogP contribution in [0.2, 0.25) is 0 Å². The van der Waals surface area contributed by atoms with Crippen LogP contribution in [-0.2, 0) is 21.3 Å². The maximum atomic E-state index is 14.0. The minimum Gasteiger partial charge on any atom is -0.363 e. The number of hydrogen-bond acceptors (Lipinski definition) is 7. The van der Waals surface area contributed by atoms with Crippen molar-refractivity contribution in [2.75, 3.05) is 23.3 Å². The molecule has 220 valence electrons. The number of nitrogens with two attached hydrogens (primary N) is 1. The predicted molar refractivity (Wildman–Crippen MR) is 145 cm³/mol. The van der Waals surface area contributed by atoms with E-state index in [4.69, 9.17) is 5.73 Å². The Hall–Kier alpha value is -3.57. The van der Waals surface area contributed by atoms with Gasteiger partial charge in [-0.05, 0) is 44.2 Å². The van der Waals surface area contributed by atoms with E-state index < -0.39 is 69.6 Å². The van der Waals surface area contributed by atoms with Crippen LogP contribution in [0.4, 0.5) is 33.5 Å². The third-order valence-corrected chi connectivity index (χ3v) is 8.47. The molecule has 1 saturated carbocycles. The second kappa shape index (κ2) is 11.4. The number of nitrogens with zero attached hydrogens (tertiary/aromatic N) is 4. The minimum atomic E-state index is -5.02. The van der Waals surface area contributed by atoms with Gasteiger partial charge in [0.25, 0.3) is 5.91 Å². The number of nitrogens with one attached hydrogen (secondary N) is 1. The summed E-state index contributed by atoms with van der Waals surface area (Å²) < 4.78 is 73.8. The summed E-state index contributed by atoms with van der Waals surface area (Å²) in [6.07, 6.45) is -4.23. The highest BCUT2D eigenvalue weighted by atomic mass is 32.2. The summed E-state index contributed by atoms with van der Waals surface area (Å²) in [4.78, 5) is 31.4. The highest BCUT2D eigenvalue weighted by Gasteiger charge is 2.41. The first-order chi connectivity index (χ1) is 19.1. The Morgan fingerprint density at radius 2 is 1.90 bits per heavy atom. The van der Waals surface area contributed by atoms with Crippen LogP contribution < -0.4 is 16.0 Å². The molecular weight excluding hydrogens is 567 g/mol. The molecule has 2 aliphatic rings. The predicted octanol–water partition coefficient (Wildman–Crippen LogP) is 5.16. The van der Waals surface area contributed by atoms with Crippen LogP contribution in [0.5, 0.6) is 0 Å². The Bertz CT molecular complexity index is 1510. The van der Waals surface area contributed by atoms with Crippen molar-refractivity contribution < 1.29 is 31.5 Å². The van der Waals surface area contributed by atoms with Gasteiger partial charge < -0.3 is 30.6 Å². The van der Waals surface area contributed by atoms with E-state index in [1.165, 1.54) is 30.0 Å². The summed E-state index contributed by atoms with van der Waals surface area (Å²) >= 11 is 0. The number of nitriles is 1. The fourth-order valence-corrected chi connectivity index (χ4v) is 5.72. The molecule has 0 atom stereocenters. The van der Waals surface area contributed by atoms with Gasteiger partial charge in [0.2, 0.25) is 11.8 Å². The van der Waals surface area contributed by atoms with E-state index in [0.717, 1.165) is 6.42 Å². The first kappa shape index (κ1) is 30.4. The molecule has 8 nitrogen and oxygen atoms in total. The molecule has 2 amide bonds. The molecule has 2 heterocycles. The van der Waals surface area contributed by atoms with Crippen LogP contribution in [0, 0.1) is 18.3 Å². The highest BCUT2D eigenvalue weighted by molar-refractivity contribution is 7.85. The van der Waals surface area contributed by atoms with Crippen LogP contribution in [0.25, 0.3) is 0 Å². The van der Waals surface area contributed by atoms with E-state index in [1.54, 1.807) is 12.1 Å². The van der Waals surface area contributed by atoms with Gasteiger partial charge in [0.05, 0.1) is 16.7 Å². The first-order valence-electron chi connectivity index (χ1n) is 12.8. The Balaban J connectivity index is 1.72. The Morgan fingerprint density at radius 3 is 2.51 bits per heavy atom. The number of carbonyl (C=O) groups is 2. The number of hydrogen-bond donors (Lipinski definition) is 2. The lowest BCUT2D eigenvalue weighted by atomic mass is 9.77. The summed E-state index contributed by atoms with van der Waals surface area (Å²) in [5.74, 6) is -0.854. The van der Waals surface area contributed by atoms with Gasteiger partial charge in [-0.3, -0.25) is 9.59 Å². The van der Waals surface area contributed by atoms with E-state index in [1.807, 2.05) is 0 Å². The van der Waals surface area contributed by atoms with Gasteiger partial charge in [0.15, 0.2) is 5.69 Å². The SMILES string of the molecule is C=[S-](=NC(=O)C1(N)CCC1)c1cccc(NC(=O)c2c(N3CCCC(F)(F)CC3)nc(C(F)(F)F)c(C#N)c2C)c1. The van der Waals surface area contributed by atoms with Crippen LogP contribution in [0.1, 0.15) is 65.7 Å². The molecule has 0 bridgehead atoms. The first-order valence-corrected chi connectivity index (χ1v) is 14.2. The lowest BCUT2D eigenvalue weighted by Crippen LogP contribution is -2.52. The summed E-state index contributed by atoms with van der Waals surface area (Å²) in [5.41, 5.74) is 2.34. The third kappa shape index (κ3) is 6.51. The molecular formula is C27H28F5N6O2S-. The second-order valence-corrected chi connectivity index (χ2v) is 11.6. The normalized spacial score (nSPS) is 19.0. The van der Waals surface area contributed by atoms with E-state index in [2.05, 4.69) is 20.5 Å². The number of rotatable bonds is 5. The third-order valence-electron chi connectivity index (χ3n) is 7.28. The number of amides is 2. The molecule has 1 aromatic carbocycles. The van der Waals surface area contributed by atoms with Gasteiger partial charge in [-0.15, -0.1) is 4.90 Å². The number of benzene rings is 1. The smallest absolute Gasteiger partial charge is 0.363 e. The standard InChI is InChI=1S/C27H28F5N6O2S/c1-16-19(15-33)21(27(30,31)32)36-22(38-12-5-10-26(28,29)11-13-38)20(16)23(39)35-17-6-3-7-18(14-17)41(2)37-24(40)25(34)8-4-9-25/h3,6-7,14H,2,4-5,8-13,34H2,1H3,(H,35,39)/q-1. The van der Waals surface area contributed by atoms with Gasteiger partial charge in [0, 0.05) is 31.6 Å². The molecule has 0 spiro atoms. The zero-order valence-corrected chi connectivity index (χ0v) is 23.0. The summed E-state index contributed by atoms with van der Waals surface area (Å²) in [6, 6.07) is 7.74. The van der Waals surface area contributed by atoms with Gasteiger partial charge in [-0.1, -0.05) is 18.2 Å². The van der Waals surface area contributed by atoms with Crippen LogP contribution in [0.15, 0.2) is 33.5 Å². The van der Waals surface area contributed by atoms with Crippen molar-refractivity contribution in [2.45, 2.75) is 68.0 Å². The molecule has 0 radical (unpaired) electrons. The van der Waals surface area contributed by atoms with E-state index in [0.29, 0.717) is 17.7 Å². The topological polar surface area (TPSA) is 124 Å². The van der Waals surface area contributed by atoms with Crippen LogP contribution in [0.3, 0.4) is 0 Å². The van der Waals surface area contributed by atoms with Crippen molar-refractivity contribution in [3.63, 3.8) is 0 Å². The molecule has 14 heteroatoms. The average molecular weight is 596 g/mol. The number of pyridine rings is 1. The molecule has 2 aromatic rings. The Morgan fingerprint density at radius 1 is 1.20 bits per heavy atom. The Labute approximate surface area is 235 Å². The molecule has 3 N–H and O–H groups in total. The lowest BCUT2D eigenvalue weighted by molar-refractivity contribution is -0.141. The second-order valence-electron chi connectivity index (χ2n) is 10.2. The van der Waals surface area contributed by atoms with Crippen molar-refractivity contribution in [1.29, 1.82) is 5.26 Å². The van der Waals surface area contributed by atoms with Crippen LogP contribution >= 0.6 is 0 Å². The van der Waals surface area contributed by atoms with Crippen molar-refractivity contribution in [2.24, 2.45) is 10.1 Å². The molecule has 4 rings (SSSR count). The van der Waals surface area contributed by atoms with Crippen molar-refractivity contribution >= 4 is 39.5 Å². The maximum Gasteiger partial charge on any atom is 0.434 e. The molecule has 1 aromatic heterocycles. The van der Waals surface area contributed by atoms with Gasteiger partial charge in [0.1, 0.15) is 11.9 Å². The minimum absolute atomic E-state index is 0.0314. The van der Waals surface area contributed by atoms with E-state index in [-0.39, 0.29) is 36.3 Å². The number of aromatic nitrogens is 1. The maximum absolute atomic E-state index is 14.0. The zero-order valence-electron chi connectivity index (χ0n) is 22.2. The van der Waals surface area contributed by atoms with Crippen molar-refractivity contribution in [1.82, 2.24) is 4.98 Å². The largest absolute Gasteiger partial charge is 0.434 e. The van der Waals surface area contributed by atoms with Crippen molar-refractivity contribution in [3.05, 3.63) is 46.6 Å². The van der Waals surface area contributed by atoms with E-state index in [9.17, 15) is 36.8 Å². The monoisotopic (exact) mass is 595 g/mol. The highest BCUT2D eigenvalue weighted by Crippen LogP contribution is 2.38. The summed E-state index contributed by atoms with van der Waals surface area (Å²) in [6.45, 7) is 0.808. The number of halogens is 5. The van der Waals surface area contributed by atoms with Gasteiger partial charge in [-0.2, -0.15) is 18.4 Å². The number of carbonyl (C=O) groups excluding carboxylic acids is 2. The average Bonchev–Trinajstić information content (AvgIpc) is 3.06. The van der Waals surface area contributed by atoms with E-state index >= 15 is 0 Å². The quantitative estimate of drug-likeness (QED) is 0.280. The molecule has 0 unspecified atom stereocenters. The fourth-order valence-electron chi connectivity index (χ4n) is 4.74. The number of alkyl halides is 5. The fraction of sp³-hybridized carbons (Fsp3) is 0.444. The molecule has 41 heavy (non-hydrogen) atoms. The zero-order chi connectivity index (χ0) is 30.2. The molecule has 1 saturated heterocycles. The summed E-state index contributed by atoms with van der Waals surface area (Å²) in [7, 11) is -1.15. The molecule has 1 aliphatic heterocycles. The van der Waals surface area contributed by atoms with Gasteiger partial charge >= 0.3 is 6.18 Å². The number of anilines is 2. The van der Waals surface area contributed by atoms with Crippen LogP contribution in [-0.4, -0.2) is 47.2 Å². The summed E-state index contributed by atoms with van der Waals surface area (Å²) in [5, 5.41) is 12.1. The lowest BCUT2D eigenvalue weighted by Gasteiger charge is -2.35. The van der Waals surface area contributed by atoms with Gasteiger partial charge in [-0.25, -0.2) is 19.6 Å².